The number of nitrogens with zero attached hydrogens (tertiary/aromatic N) is 4. The highest BCUT2D eigenvalue weighted by molar-refractivity contribution is 7.17. The molecule has 2 aromatic heterocycles. The van der Waals surface area contributed by atoms with Gasteiger partial charge in [0.1, 0.15) is 12.1 Å². The summed E-state index contributed by atoms with van der Waals surface area (Å²) in [6.45, 7) is 2.73. The van der Waals surface area contributed by atoms with Crippen LogP contribution < -0.4 is 10.2 Å². The van der Waals surface area contributed by atoms with Crippen molar-refractivity contribution >= 4 is 39.2 Å². The number of rotatable bonds is 6. The molecule has 2 aliphatic heterocycles. The molecule has 1 fully saturated rings. The lowest BCUT2D eigenvalue weighted by Crippen LogP contribution is -2.50. The predicted molar refractivity (Wildman–Crippen MR) is 128 cm³/mol. The summed E-state index contributed by atoms with van der Waals surface area (Å²) in [5, 5.41) is 25.4. The van der Waals surface area contributed by atoms with Crippen molar-refractivity contribution < 1.29 is 19.8 Å². The van der Waals surface area contributed by atoms with Gasteiger partial charge in [0, 0.05) is 32.7 Å². The normalized spacial score (nSPS) is 18.1. The highest BCUT2D eigenvalue weighted by Gasteiger charge is 2.35. The van der Waals surface area contributed by atoms with E-state index in [1.54, 1.807) is 17.7 Å². The molecule has 9 nitrogen and oxygen atoms in total. The van der Waals surface area contributed by atoms with E-state index in [-0.39, 0.29) is 5.92 Å². The van der Waals surface area contributed by atoms with E-state index >= 15 is 0 Å². The van der Waals surface area contributed by atoms with Gasteiger partial charge in [0.15, 0.2) is 12.2 Å². The molecule has 3 aromatic rings. The molecule has 1 aromatic carbocycles. The highest BCUT2D eigenvalue weighted by Crippen LogP contribution is 2.30. The zero-order valence-electron chi connectivity index (χ0n) is 18.6. The van der Waals surface area contributed by atoms with Crippen LogP contribution in [0.2, 0.25) is 0 Å². The van der Waals surface area contributed by atoms with E-state index in [1.807, 2.05) is 35.7 Å². The van der Waals surface area contributed by atoms with Crippen LogP contribution in [0.5, 0.6) is 0 Å². The molecule has 0 spiro atoms. The van der Waals surface area contributed by atoms with Gasteiger partial charge in [0.25, 0.3) is 11.8 Å². The standard InChI is InChI=1S/C24H27N5O4S/c30-19(20(31)24(33)29-12-16-3-1-2-4-17(16)13-29)23(32)25-11-15-5-8-28(9-6-15)22-21-18(7-10-34-21)26-14-27-22/h1-4,7,10,14-15,19-20,30-31H,5-6,8-9,11-13H2,(H,25,32)/t19-,20-/m1/s1. The van der Waals surface area contributed by atoms with Gasteiger partial charge < -0.3 is 25.3 Å². The zero-order chi connectivity index (χ0) is 23.7. The van der Waals surface area contributed by atoms with Crippen LogP contribution in [-0.4, -0.2) is 68.7 Å². The van der Waals surface area contributed by atoms with E-state index in [9.17, 15) is 19.8 Å². The molecular weight excluding hydrogens is 454 g/mol. The molecule has 2 aliphatic rings. The lowest BCUT2D eigenvalue weighted by atomic mass is 9.96. The number of thiophene rings is 1. The average molecular weight is 482 g/mol. The van der Waals surface area contributed by atoms with Crippen molar-refractivity contribution in [1.82, 2.24) is 20.2 Å². The van der Waals surface area contributed by atoms with Crippen molar-refractivity contribution in [3.05, 3.63) is 53.2 Å². The topological polar surface area (TPSA) is 119 Å². The molecular formula is C24H27N5O4S. The molecule has 5 rings (SSSR count). The minimum absolute atomic E-state index is 0.244. The summed E-state index contributed by atoms with van der Waals surface area (Å²) in [4.78, 5) is 37.5. The number of nitrogens with one attached hydrogen (secondary N) is 1. The summed E-state index contributed by atoms with van der Waals surface area (Å²) in [5.74, 6) is -0.175. The van der Waals surface area contributed by atoms with Crippen LogP contribution in [0.3, 0.4) is 0 Å². The predicted octanol–water partition coefficient (Wildman–Crippen LogP) is 1.29. The second kappa shape index (κ2) is 9.65. The Morgan fingerprint density at radius 1 is 1.06 bits per heavy atom. The third-order valence-electron chi connectivity index (χ3n) is 6.68. The number of hydrogen-bond acceptors (Lipinski definition) is 8. The number of anilines is 1. The van der Waals surface area contributed by atoms with Crippen LogP contribution in [0.25, 0.3) is 10.2 Å². The first kappa shape index (κ1) is 22.7. The number of amides is 2. The fraction of sp³-hybridized carbons (Fsp3) is 0.417. The van der Waals surface area contributed by atoms with E-state index in [0.717, 1.165) is 53.1 Å². The Hall–Kier alpha value is -3.08. The Bertz CT molecular complexity index is 1170. The number of aliphatic hydroxyl groups excluding tert-OH is 2. The Balaban J connectivity index is 1.09. The van der Waals surface area contributed by atoms with Crippen LogP contribution in [0.4, 0.5) is 5.82 Å². The molecule has 0 saturated carbocycles. The van der Waals surface area contributed by atoms with Crippen molar-refractivity contribution in [3.8, 4) is 0 Å². The van der Waals surface area contributed by atoms with E-state index in [4.69, 9.17) is 0 Å². The number of carbonyl (C=O) groups excluding carboxylic acids is 2. The second-order valence-corrected chi connectivity index (χ2v) is 9.78. The molecule has 3 N–H and O–H groups in total. The van der Waals surface area contributed by atoms with Crippen LogP contribution in [0.15, 0.2) is 42.0 Å². The minimum atomic E-state index is -1.80. The Kier molecular flexibility index (Phi) is 6.44. The minimum Gasteiger partial charge on any atom is -0.380 e. The summed E-state index contributed by atoms with van der Waals surface area (Å²) in [5.41, 5.74) is 2.97. The van der Waals surface area contributed by atoms with Crippen molar-refractivity contribution in [3.63, 3.8) is 0 Å². The molecule has 34 heavy (non-hydrogen) atoms. The van der Waals surface area contributed by atoms with Gasteiger partial charge in [-0.2, -0.15) is 0 Å². The van der Waals surface area contributed by atoms with E-state index in [1.165, 1.54) is 4.90 Å². The molecule has 1 saturated heterocycles. The van der Waals surface area contributed by atoms with Gasteiger partial charge in [-0.15, -0.1) is 11.3 Å². The van der Waals surface area contributed by atoms with Gasteiger partial charge in [-0.05, 0) is 41.3 Å². The van der Waals surface area contributed by atoms with Gasteiger partial charge >= 0.3 is 0 Å². The summed E-state index contributed by atoms with van der Waals surface area (Å²) < 4.78 is 1.08. The van der Waals surface area contributed by atoms with E-state index in [0.29, 0.717) is 19.6 Å². The van der Waals surface area contributed by atoms with Crippen molar-refractivity contribution in [2.24, 2.45) is 5.92 Å². The molecule has 4 heterocycles. The second-order valence-electron chi connectivity index (χ2n) is 8.86. The fourth-order valence-corrected chi connectivity index (χ4v) is 5.52. The lowest BCUT2D eigenvalue weighted by Gasteiger charge is -2.33. The first-order chi connectivity index (χ1) is 16.5. The molecule has 10 heteroatoms. The van der Waals surface area contributed by atoms with Gasteiger partial charge in [-0.25, -0.2) is 9.97 Å². The first-order valence-electron chi connectivity index (χ1n) is 11.4. The van der Waals surface area contributed by atoms with Gasteiger partial charge in [0.05, 0.1) is 10.2 Å². The monoisotopic (exact) mass is 481 g/mol. The quantitative estimate of drug-likeness (QED) is 0.485. The van der Waals surface area contributed by atoms with Crippen molar-refractivity contribution in [2.75, 3.05) is 24.5 Å². The summed E-state index contributed by atoms with van der Waals surface area (Å²) in [7, 11) is 0. The number of aliphatic hydroxyl groups is 2. The molecule has 2 amide bonds. The van der Waals surface area contributed by atoms with E-state index in [2.05, 4.69) is 20.2 Å². The molecule has 0 aliphatic carbocycles. The largest absolute Gasteiger partial charge is 0.380 e. The molecule has 0 bridgehead atoms. The molecule has 0 radical (unpaired) electrons. The number of piperidine rings is 1. The van der Waals surface area contributed by atoms with Crippen LogP contribution in [0, 0.1) is 5.92 Å². The molecule has 178 valence electrons. The van der Waals surface area contributed by atoms with Gasteiger partial charge in [-0.1, -0.05) is 24.3 Å². The van der Waals surface area contributed by atoms with E-state index < -0.39 is 24.0 Å². The Labute approximate surface area is 201 Å². The summed E-state index contributed by atoms with van der Waals surface area (Å²) >= 11 is 1.63. The van der Waals surface area contributed by atoms with Crippen molar-refractivity contribution in [1.29, 1.82) is 0 Å². The maximum Gasteiger partial charge on any atom is 0.255 e. The SMILES string of the molecule is O=C(NCC1CCN(c2ncnc3ccsc23)CC1)[C@H](O)[C@@H](O)C(=O)N1Cc2ccccc2C1. The Morgan fingerprint density at radius 2 is 1.76 bits per heavy atom. The molecule has 2 atom stereocenters. The van der Waals surface area contributed by atoms with Gasteiger partial charge in [-0.3, -0.25) is 9.59 Å². The Morgan fingerprint density at radius 3 is 2.47 bits per heavy atom. The number of fused-ring (bicyclic) bond motifs is 2. The third kappa shape index (κ3) is 4.48. The fourth-order valence-electron chi connectivity index (χ4n) is 4.65. The van der Waals surface area contributed by atoms with Crippen molar-refractivity contribution in [2.45, 2.75) is 38.1 Å². The highest BCUT2D eigenvalue weighted by atomic mass is 32.1. The first-order valence-corrected chi connectivity index (χ1v) is 12.3. The number of benzene rings is 1. The smallest absolute Gasteiger partial charge is 0.255 e. The summed E-state index contributed by atoms with van der Waals surface area (Å²) in [6.07, 6.45) is -0.279. The maximum atomic E-state index is 12.6. The average Bonchev–Trinajstić information content (AvgIpc) is 3.53. The number of carbonyl (C=O) groups is 2. The van der Waals surface area contributed by atoms with Crippen LogP contribution >= 0.6 is 11.3 Å². The lowest BCUT2D eigenvalue weighted by molar-refractivity contribution is -0.153. The van der Waals surface area contributed by atoms with Crippen LogP contribution in [0.1, 0.15) is 24.0 Å². The third-order valence-corrected chi connectivity index (χ3v) is 7.58. The number of hydrogen-bond donors (Lipinski definition) is 3. The number of aromatic nitrogens is 2. The summed E-state index contributed by atoms with van der Waals surface area (Å²) in [6, 6.07) is 9.63. The zero-order valence-corrected chi connectivity index (χ0v) is 19.4. The van der Waals surface area contributed by atoms with Gasteiger partial charge in [0.2, 0.25) is 0 Å². The molecule has 0 unspecified atom stereocenters. The van der Waals surface area contributed by atoms with Crippen LogP contribution in [-0.2, 0) is 22.7 Å². The maximum absolute atomic E-state index is 12.6.